The number of phosphoric acid groups is 2. The molecule has 0 aromatic carbocycles. The molecule has 256 valence electrons. The minimum atomic E-state index is -5.54. The van der Waals surface area contributed by atoms with E-state index in [0.29, 0.717) is 0 Å². The largest absolute Gasteiger partial charge is 0.790 e. The van der Waals surface area contributed by atoms with Gasteiger partial charge >= 0.3 is 13.8 Å². The van der Waals surface area contributed by atoms with E-state index in [1.54, 1.807) is 0 Å². The number of hydrogen-bond acceptors (Lipinski definition) is 20. The van der Waals surface area contributed by atoms with Crippen LogP contribution in [0.2, 0.25) is 0 Å². The van der Waals surface area contributed by atoms with E-state index >= 15 is 0 Å². The van der Waals surface area contributed by atoms with Crippen molar-refractivity contribution in [3.63, 3.8) is 0 Å². The number of anilines is 1. The number of carbonyl (C=O) groups excluding carboxylic acids is 2. The Bertz CT molecular complexity index is 1780. The maximum absolute atomic E-state index is 12.8. The number of aromatic nitrogens is 5. The first-order valence-corrected chi connectivity index (χ1v) is 16.4. The van der Waals surface area contributed by atoms with Crippen molar-refractivity contribution in [1.82, 2.24) is 19.5 Å². The minimum absolute atomic E-state index is 0.0302. The smallest absolute Gasteiger partial charge is 0.350 e. The number of pyridine rings is 1. The summed E-state index contributed by atoms with van der Waals surface area (Å²) in [6, 6.07) is 0.869. The zero-order valence-corrected chi connectivity index (χ0v) is 25.9. The second kappa shape index (κ2) is 13.5. The van der Waals surface area contributed by atoms with Gasteiger partial charge in [0, 0.05) is 0 Å². The predicted octanol–water partition coefficient (Wildman–Crippen LogP) is -4.81. The number of fused-ring (bicyclic) bond motifs is 1. The SMILES string of the molecule is Nc1ncnc2c1ncn2[C@@H]1O[C@H](COP(=O)([O-])OC(=O)c2cc(C(=O)S)c[n+]([C@@H]3O[C@H](COP(=O)([O-])[O-])[C@@H](O)[C@H]3O)c2)[C@@H](O)[C@H]1O. The lowest BCUT2D eigenvalue weighted by molar-refractivity contribution is -0.765. The highest BCUT2D eigenvalue weighted by atomic mass is 32.1. The number of ether oxygens (including phenoxy) is 2. The third-order valence-electron chi connectivity index (χ3n) is 6.99. The molecule has 9 atom stereocenters. The number of carbonyl (C=O) groups is 2. The lowest BCUT2D eigenvalue weighted by atomic mass is 10.1. The number of hydrogen-bond donors (Lipinski definition) is 6. The Balaban J connectivity index is 1.27. The van der Waals surface area contributed by atoms with Crippen LogP contribution in [0.25, 0.3) is 11.2 Å². The molecule has 2 saturated heterocycles. The van der Waals surface area contributed by atoms with Crippen LogP contribution in [0.5, 0.6) is 0 Å². The Labute approximate surface area is 267 Å². The van der Waals surface area contributed by atoms with Crippen LogP contribution < -0.4 is 25.0 Å². The quantitative estimate of drug-likeness (QED) is 0.0614. The van der Waals surface area contributed by atoms with Crippen molar-refractivity contribution in [1.29, 1.82) is 0 Å². The van der Waals surface area contributed by atoms with Gasteiger partial charge in [0.2, 0.25) is 5.12 Å². The predicted molar refractivity (Wildman–Crippen MR) is 144 cm³/mol. The second-order valence-electron chi connectivity index (χ2n) is 10.1. The van der Waals surface area contributed by atoms with Gasteiger partial charge in [-0.1, -0.05) is 0 Å². The number of phosphoric ester groups is 2. The van der Waals surface area contributed by atoms with Crippen molar-refractivity contribution >= 4 is 56.3 Å². The zero-order chi connectivity index (χ0) is 34.4. The lowest BCUT2D eigenvalue weighted by Gasteiger charge is -2.30. The molecule has 25 heteroatoms. The highest BCUT2D eigenvalue weighted by Gasteiger charge is 2.49. The molecule has 5 heterocycles. The molecule has 3 aromatic heterocycles. The van der Waals surface area contributed by atoms with E-state index in [-0.39, 0.29) is 22.5 Å². The summed E-state index contributed by atoms with van der Waals surface area (Å²) in [6.45, 7) is -1.92. The van der Waals surface area contributed by atoms with Gasteiger partial charge in [0.25, 0.3) is 6.23 Å². The zero-order valence-electron chi connectivity index (χ0n) is 23.3. The first-order chi connectivity index (χ1) is 22.0. The molecule has 47 heavy (non-hydrogen) atoms. The monoisotopic (exact) mass is 722 g/mol. The minimum Gasteiger partial charge on any atom is -0.790 e. The number of nitrogens with zero attached hydrogens (tertiary/aromatic N) is 5. The fourth-order valence-electron chi connectivity index (χ4n) is 4.75. The summed E-state index contributed by atoms with van der Waals surface area (Å²) < 4.78 is 49.7. The van der Waals surface area contributed by atoms with Crippen LogP contribution in [0, 0.1) is 0 Å². The topological polar surface area (TPSA) is 338 Å². The normalized spacial score (nSPS) is 29.2. The van der Waals surface area contributed by atoms with Crippen molar-refractivity contribution in [3.05, 3.63) is 42.2 Å². The van der Waals surface area contributed by atoms with Crippen LogP contribution >= 0.6 is 28.3 Å². The van der Waals surface area contributed by atoms with Gasteiger partial charge in [0.15, 0.2) is 36.2 Å². The maximum Gasteiger partial charge on any atom is 0.350 e. The average molecular weight is 722 g/mol. The Morgan fingerprint density at radius 2 is 1.60 bits per heavy atom. The molecule has 2 aliphatic heterocycles. The third kappa shape index (κ3) is 7.69. The molecule has 5 rings (SSSR count). The van der Waals surface area contributed by atoms with Gasteiger partial charge in [-0.15, -0.1) is 12.6 Å². The van der Waals surface area contributed by atoms with E-state index in [2.05, 4.69) is 36.6 Å². The first kappa shape index (κ1) is 35.3. The first-order valence-electron chi connectivity index (χ1n) is 13.1. The summed E-state index contributed by atoms with van der Waals surface area (Å²) in [5, 5.41) is 40.7. The van der Waals surface area contributed by atoms with Gasteiger partial charge in [-0.05, 0) is 6.07 Å². The molecular weight excluding hydrogens is 698 g/mol. The van der Waals surface area contributed by atoms with E-state index in [1.165, 1.54) is 10.9 Å². The maximum atomic E-state index is 12.8. The molecular formula is C22H24N6O16P2S-2. The Morgan fingerprint density at radius 3 is 2.28 bits per heavy atom. The summed E-state index contributed by atoms with van der Waals surface area (Å²) in [5.74, 6) is -1.57. The van der Waals surface area contributed by atoms with Crippen LogP contribution in [-0.4, -0.2) is 101 Å². The fraction of sp³-hybridized carbons (Fsp3) is 0.455. The average Bonchev–Trinajstić information content (AvgIpc) is 3.64. The molecule has 0 spiro atoms. The number of nitrogens with two attached hydrogens (primary N) is 1. The molecule has 0 saturated carbocycles. The number of imidazole rings is 1. The number of nitrogen functional groups attached to an aromatic ring is 1. The highest BCUT2D eigenvalue weighted by molar-refractivity contribution is 7.97. The Hall–Kier alpha value is -2.99. The molecule has 3 aromatic rings. The van der Waals surface area contributed by atoms with Crippen LogP contribution in [0.3, 0.4) is 0 Å². The number of rotatable bonds is 11. The Morgan fingerprint density at radius 1 is 0.957 bits per heavy atom. The van der Waals surface area contributed by atoms with Crippen molar-refractivity contribution in [2.75, 3.05) is 18.9 Å². The van der Waals surface area contributed by atoms with Gasteiger partial charge in [0.05, 0.1) is 32.9 Å². The van der Waals surface area contributed by atoms with Gasteiger partial charge in [0.1, 0.15) is 47.9 Å². The second-order valence-corrected chi connectivity index (χ2v) is 13.0. The highest BCUT2D eigenvalue weighted by Crippen LogP contribution is 2.41. The summed E-state index contributed by atoms with van der Waals surface area (Å²) in [5.41, 5.74) is 5.09. The van der Waals surface area contributed by atoms with Crippen molar-refractivity contribution in [2.45, 2.75) is 49.1 Å². The molecule has 2 aliphatic rings. The van der Waals surface area contributed by atoms with Crippen molar-refractivity contribution in [3.8, 4) is 0 Å². The third-order valence-corrected chi connectivity index (χ3v) is 8.57. The summed E-state index contributed by atoms with van der Waals surface area (Å²) in [4.78, 5) is 70.8. The standard InChI is InChI=1S/C22H26N6O16P2S/c23-17-12-18(25-6-24-17)28(7-26-12)20-16(32)14(30)11(43-20)5-41-46(38,39)44-21(33)8-1-9(22(34)47)3-27(2-8)19-15(31)13(29)10(42-19)4-40-45(35,36)37/h1-3,6-7,10-11,13-16,19-20,29-32H,4-5H2,(H5-,23,24,25,34,35,36,37,38,39,47)/p-2/t10-,11-,13-,14-,15-,16-,19-,20-/m1/s1. The van der Waals surface area contributed by atoms with Crippen molar-refractivity contribution in [2.24, 2.45) is 0 Å². The van der Waals surface area contributed by atoms with E-state index in [9.17, 15) is 53.8 Å². The molecule has 1 unspecified atom stereocenters. The number of thiol groups is 1. The van der Waals surface area contributed by atoms with Crippen LogP contribution in [0.15, 0.2) is 31.1 Å². The van der Waals surface area contributed by atoms with E-state index in [1.807, 2.05) is 0 Å². The van der Waals surface area contributed by atoms with Crippen LogP contribution in [0.4, 0.5) is 5.82 Å². The van der Waals surface area contributed by atoms with Gasteiger partial charge in [-0.25, -0.2) is 19.7 Å². The molecule has 22 nitrogen and oxygen atoms in total. The molecule has 0 aliphatic carbocycles. The van der Waals surface area contributed by atoms with E-state index < -0.39 is 94.6 Å². The fourth-order valence-corrected chi connectivity index (χ4v) is 5.89. The Kier molecular flexibility index (Phi) is 10.1. The summed E-state index contributed by atoms with van der Waals surface area (Å²) in [7, 11) is -11.0. The molecule has 0 bridgehead atoms. The summed E-state index contributed by atoms with van der Waals surface area (Å²) >= 11 is 3.66. The van der Waals surface area contributed by atoms with Crippen molar-refractivity contribution < 1.29 is 81.4 Å². The molecule has 2 fully saturated rings. The van der Waals surface area contributed by atoms with Gasteiger partial charge < -0.3 is 68.5 Å². The number of aliphatic hydroxyl groups is 4. The molecule has 6 N–H and O–H groups in total. The van der Waals surface area contributed by atoms with Gasteiger partial charge in [-0.2, -0.15) is 4.57 Å². The van der Waals surface area contributed by atoms with Crippen LogP contribution in [-0.2, 0) is 32.2 Å². The molecule has 0 radical (unpaired) electrons. The molecule has 0 amide bonds. The van der Waals surface area contributed by atoms with Gasteiger partial charge in [-0.3, -0.25) is 13.9 Å². The van der Waals surface area contributed by atoms with E-state index in [4.69, 9.17) is 19.7 Å². The van der Waals surface area contributed by atoms with Crippen LogP contribution in [0.1, 0.15) is 33.2 Å². The lowest BCUT2D eigenvalue weighted by Crippen LogP contribution is -2.47. The van der Waals surface area contributed by atoms with E-state index in [0.717, 1.165) is 29.4 Å². The summed E-state index contributed by atoms with van der Waals surface area (Å²) in [6.07, 6.45) is -8.69. The number of aliphatic hydroxyl groups excluding tert-OH is 4.